The number of hydrogen-bond donors (Lipinski definition) is 0. The SMILES string of the molecule is Cn1cc(CN(C(=O)CCc2cccc(OC(F)F)c2)C2CC2)cn1. The Morgan fingerprint density at radius 2 is 2.20 bits per heavy atom. The lowest BCUT2D eigenvalue weighted by Gasteiger charge is -2.22. The molecule has 1 aliphatic carbocycles. The maximum absolute atomic E-state index is 12.6. The van der Waals surface area contributed by atoms with Gasteiger partial charge in [-0.1, -0.05) is 12.1 Å². The molecule has 134 valence electrons. The molecule has 7 heteroatoms. The first-order valence-electron chi connectivity index (χ1n) is 8.32. The van der Waals surface area contributed by atoms with Gasteiger partial charge in [0.2, 0.25) is 5.91 Å². The molecule has 1 aromatic carbocycles. The number of hydrogen-bond acceptors (Lipinski definition) is 3. The van der Waals surface area contributed by atoms with Crippen molar-refractivity contribution in [2.75, 3.05) is 0 Å². The summed E-state index contributed by atoms with van der Waals surface area (Å²) in [5.74, 6) is 0.195. The zero-order valence-electron chi connectivity index (χ0n) is 14.1. The molecule has 0 radical (unpaired) electrons. The average molecular weight is 349 g/mol. The van der Waals surface area contributed by atoms with Crippen molar-refractivity contribution in [1.82, 2.24) is 14.7 Å². The van der Waals surface area contributed by atoms with Crippen molar-refractivity contribution >= 4 is 5.91 Å². The van der Waals surface area contributed by atoms with E-state index >= 15 is 0 Å². The van der Waals surface area contributed by atoms with Crippen molar-refractivity contribution in [2.45, 2.75) is 44.9 Å². The summed E-state index contributed by atoms with van der Waals surface area (Å²) in [6.45, 7) is -2.28. The summed E-state index contributed by atoms with van der Waals surface area (Å²) < 4.78 is 30.7. The lowest BCUT2D eigenvalue weighted by atomic mass is 10.1. The molecule has 0 spiro atoms. The number of ether oxygens (including phenoxy) is 1. The first kappa shape index (κ1) is 17.4. The molecule has 1 saturated carbocycles. The van der Waals surface area contributed by atoms with Gasteiger partial charge in [-0.15, -0.1) is 0 Å². The number of rotatable bonds is 8. The topological polar surface area (TPSA) is 47.4 Å². The first-order valence-corrected chi connectivity index (χ1v) is 8.32. The van der Waals surface area contributed by atoms with Crippen LogP contribution in [-0.4, -0.2) is 33.2 Å². The smallest absolute Gasteiger partial charge is 0.387 e. The number of nitrogens with zero attached hydrogens (tertiary/aromatic N) is 3. The van der Waals surface area contributed by atoms with Gasteiger partial charge in [-0.2, -0.15) is 13.9 Å². The molecule has 0 N–H and O–H groups in total. The lowest BCUT2D eigenvalue weighted by molar-refractivity contribution is -0.132. The fourth-order valence-corrected chi connectivity index (χ4v) is 2.83. The molecule has 25 heavy (non-hydrogen) atoms. The molecule has 0 atom stereocenters. The van der Waals surface area contributed by atoms with E-state index in [1.165, 1.54) is 6.07 Å². The van der Waals surface area contributed by atoms with Crippen molar-refractivity contribution in [3.63, 3.8) is 0 Å². The molecule has 0 unspecified atom stereocenters. The van der Waals surface area contributed by atoms with E-state index in [0.29, 0.717) is 25.4 Å². The highest BCUT2D eigenvalue weighted by atomic mass is 19.3. The molecule has 5 nitrogen and oxygen atoms in total. The Morgan fingerprint density at radius 3 is 2.84 bits per heavy atom. The van der Waals surface area contributed by atoms with Crippen molar-refractivity contribution in [1.29, 1.82) is 0 Å². The van der Waals surface area contributed by atoms with Crippen LogP contribution in [0.1, 0.15) is 30.4 Å². The van der Waals surface area contributed by atoms with Crippen LogP contribution in [0.2, 0.25) is 0 Å². The van der Waals surface area contributed by atoms with E-state index in [9.17, 15) is 13.6 Å². The molecule has 3 rings (SSSR count). The predicted molar refractivity (Wildman–Crippen MR) is 88.2 cm³/mol. The number of halogens is 2. The summed E-state index contributed by atoms with van der Waals surface area (Å²) in [5, 5.41) is 4.14. The molecule has 0 bridgehead atoms. The highest BCUT2D eigenvalue weighted by Gasteiger charge is 2.32. The van der Waals surface area contributed by atoms with Crippen LogP contribution in [0.4, 0.5) is 8.78 Å². The van der Waals surface area contributed by atoms with Crippen molar-refractivity contribution in [3.05, 3.63) is 47.8 Å². The number of amides is 1. The van der Waals surface area contributed by atoms with E-state index in [1.54, 1.807) is 23.0 Å². The number of benzene rings is 1. The number of alkyl halides is 2. The van der Waals surface area contributed by atoms with Gasteiger partial charge in [0.25, 0.3) is 0 Å². The van der Waals surface area contributed by atoms with Gasteiger partial charge in [0, 0.05) is 37.8 Å². The summed E-state index contributed by atoms with van der Waals surface area (Å²) in [5.41, 5.74) is 1.82. The number of aromatic nitrogens is 2. The third-order valence-corrected chi connectivity index (χ3v) is 4.17. The van der Waals surface area contributed by atoms with Gasteiger partial charge in [-0.05, 0) is 37.0 Å². The third kappa shape index (κ3) is 5.01. The molecule has 2 aromatic rings. The number of carbonyl (C=O) groups is 1. The monoisotopic (exact) mass is 349 g/mol. The molecule has 1 fully saturated rings. The van der Waals surface area contributed by atoms with E-state index in [0.717, 1.165) is 24.0 Å². The quantitative estimate of drug-likeness (QED) is 0.736. The fourth-order valence-electron chi connectivity index (χ4n) is 2.83. The fraction of sp³-hybridized carbons (Fsp3) is 0.444. The Kier molecular flexibility index (Phi) is 5.31. The molecular weight excluding hydrogens is 328 g/mol. The summed E-state index contributed by atoms with van der Waals surface area (Å²) in [4.78, 5) is 14.5. The first-order chi connectivity index (χ1) is 12.0. The minimum atomic E-state index is -2.85. The summed E-state index contributed by atoms with van der Waals surface area (Å²) in [7, 11) is 1.85. The Bertz CT molecular complexity index is 729. The largest absolute Gasteiger partial charge is 0.435 e. The summed E-state index contributed by atoms with van der Waals surface area (Å²) in [6.07, 6.45) is 6.58. The van der Waals surface area contributed by atoms with Gasteiger partial charge < -0.3 is 9.64 Å². The van der Waals surface area contributed by atoms with E-state index in [-0.39, 0.29) is 11.7 Å². The van der Waals surface area contributed by atoms with Crippen molar-refractivity contribution in [3.8, 4) is 5.75 Å². The Morgan fingerprint density at radius 1 is 1.40 bits per heavy atom. The number of carbonyl (C=O) groups excluding carboxylic acids is 1. The zero-order chi connectivity index (χ0) is 17.8. The van der Waals surface area contributed by atoms with Crippen LogP contribution >= 0.6 is 0 Å². The lowest BCUT2D eigenvalue weighted by Crippen LogP contribution is -2.32. The second-order valence-corrected chi connectivity index (χ2v) is 6.30. The van der Waals surface area contributed by atoms with Gasteiger partial charge in [0.1, 0.15) is 5.75 Å². The Balaban J connectivity index is 1.58. The van der Waals surface area contributed by atoms with Crippen LogP contribution < -0.4 is 4.74 Å². The van der Waals surface area contributed by atoms with Crippen LogP contribution in [-0.2, 0) is 24.8 Å². The van der Waals surface area contributed by atoms with Gasteiger partial charge in [-0.25, -0.2) is 0 Å². The van der Waals surface area contributed by atoms with Crippen molar-refractivity contribution < 1.29 is 18.3 Å². The molecule has 1 amide bonds. The standard InChI is InChI=1S/C18H21F2N3O2/c1-22-11-14(10-21-22)12-23(15-6-7-15)17(24)8-5-13-3-2-4-16(9-13)25-18(19)20/h2-4,9-11,15,18H,5-8,12H2,1H3. The number of aryl methyl sites for hydroxylation is 2. The predicted octanol–water partition coefficient (Wildman–Crippen LogP) is 3.15. The molecule has 1 heterocycles. The maximum Gasteiger partial charge on any atom is 0.387 e. The van der Waals surface area contributed by atoms with Gasteiger partial charge in [-0.3, -0.25) is 9.48 Å². The normalized spacial score (nSPS) is 13.9. The molecule has 0 aliphatic heterocycles. The second-order valence-electron chi connectivity index (χ2n) is 6.30. The van der Waals surface area contributed by atoms with Crippen LogP contribution in [0, 0.1) is 0 Å². The van der Waals surface area contributed by atoms with Crippen molar-refractivity contribution in [2.24, 2.45) is 7.05 Å². The Labute approximate surface area is 145 Å². The molecule has 1 aromatic heterocycles. The maximum atomic E-state index is 12.6. The van der Waals surface area contributed by atoms with E-state index < -0.39 is 6.61 Å². The van der Waals surface area contributed by atoms with Crippen LogP contribution in [0.3, 0.4) is 0 Å². The highest BCUT2D eigenvalue weighted by molar-refractivity contribution is 5.77. The average Bonchev–Trinajstić information content (AvgIpc) is 3.32. The highest BCUT2D eigenvalue weighted by Crippen LogP contribution is 2.29. The minimum Gasteiger partial charge on any atom is -0.435 e. The summed E-state index contributed by atoms with van der Waals surface area (Å²) >= 11 is 0. The molecule has 1 aliphatic rings. The van der Waals surface area contributed by atoms with Gasteiger partial charge in [0.15, 0.2) is 0 Å². The van der Waals surface area contributed by atoms with Gasteiger partial charge >= 0.3 is 6.61 Å². The van der Waals surface area contributed by atoms with E-state index in [4.69, 9.17) is 0 Å². The van der Waals surface area contributed by atoms with Crippen LogP contribution in [0.15, 0.2) is 36.7 Å². The van der Waals surface area contributed by atoms with Gasteiger partial charge in [0.05, 0.1) is 6.20 Å². The second kappa shape index (κ2) is 7.63. The molecular formula is C18H21F2N3O2. The minimum absolute atomic E-state index is 0.0755. The zero-order valence-corrected chi connectivity index (χ0v) is 14.1. The molecule has 0 saturated heterocycles. The van der Waals surface area contributed by atoms with Crippen LogP contribution in [0.5, 0.6) is 5.75 Å². The van der Waals surface area contributed by atoms with E-state index in [1.807, 2.05) is 24.2 Å². The van der Waals surface area contributed by atoms with Crippen LogP contribution in [0.25, 0.3) is 0 Å². The van der Waals surface area contributed by atoms with E-state index in [2.05, 4.69) is 9.84 Å². The Hall–Kier alpha value is -2.44. The third-order valence-electron chi connectivity index (χ3n) is 4.17. The summed E-state index contributed by atoms with van der Waals surface area (Å²) in [6, 6.07) is 6.82.